The van der Waals surface area contributed by atoms with Crippen molar-refractivity contribution in [3.05, 3.63) is 81.0 Å². The van der Waals surface area contributed by atoms with Gasteiger partial charge in [-0.15, -0.1) is 0 Å². The summed E-state index contributed by atoms with van der Waals surface area (Å²) in [6.07, 6.45) is 0. The first-order chi connectivity index (χ1) is 14.4. The fourth-order valence-corrected chi connectivity index (χ4v) is 3.31. The lowest BCUT2D eigenvalue weighted by Gasteiger charge is -2.22. The number of nitrogens with zero attached hydrogens (tertiary/aromatic N) is 2. The van der Waals surface area contributed by atoms with E-state index in [2.05, 4.69) is 4.98 Å². The molecule has 3 N–H and O–H groups in total. The van der Waals surface area contributed by atoms with Crippen LogP contribution < -0.4 is 21.9 Å². The number of nitrogen functional groups attached to an aromatic ring is 1. The number of benzene rings is 2. The average molecular weight is 408 g/mol. The van der Waals surface area contributed by atoms with Crippen molar-refractivity contribution in [2.24, 2.45) is 0 Å². The van der Waals surface area contributed by atoms with Gasteiger partial charge >= 0.3 is 5.69 Å². The smallest absolute Gasteiger partial charge is 0.330 e. The number of nitrogens with one attached hydrogen (secondary N) is 1. The van der Waals surface area contributed by atoms with Crippen molar-refractivity contribution in [1.82, 2.24) is 9.55 Å². The summed E-state index contributed by atoms with van der Waals surface area (Å²) >= 11 is 0. The van der Waals surface area contributed by atoms with Crippen LogP contribution in [0.5, 0.6) is 0 Å². The predicted octanol–water partition coefficient (Wildman–Crippen LogP) is 1.75. The Bertz CT molecular complexity index is 1150. The third-order valence-corrected chi connectivity index (χ3v) is 4.82. The minimum absolute atomic E-state index is 0.0837. The molecule has 0 unspecified atom stereocenters. The van der Waals surface area contributed by atoms with Crippen LogP contribution in [0.4, 0.5) is 11.5 Å². The summed E-state index contributed by atoms with van der Waals surface area (Å²) < 4.78 is 6.10. The van der Waals surface area contributed by atoms with Crippen molar-refractivity contribution < 1.29 is 9.53 Å². The highest BCUT2D eigenvalue weighted by atomic mass is 16.5. The summed E-state index contributed by atoms with van der Waals surface area (Å²) in [4.78, 5) is 41.2. The topological polar surface area (TPSA) is 110 Å². The lowest BCUT2D eigenvalue weighted by atomic mass is 10.0. The number of ketones is 1. The molecule has 0 aliphatic carbocycles. The summed E-state index contributed by atoms with van der Waals surface area (Å²) in [5.74, 6) is -0.638. The van der Waals surface area contributed by atoms with E-state index in [0.717, 1.165) is 21.4 Å². The summed E-state index contributed by atoms with van der Waals surface area (Å²) in [7, 11) is 3.25. The first-order valence-electron chi connectivity index (χ1n) is 9.44. The van der Waals surface area contributed by atoms with E-state index >= 15 is 0 Å². The van der Waals surface area contributed by atoms with Gasteiger partial charge in [-0.05, 0) is 11.6 Å². The number of carbonyl (C=O) groups excluding carboxylic acids is 1. The van der Waals surface area contributed by atoms with Gasteiger partial charge in [0.05, 0.1) is 19.7 Å². The first-order valence-corrected chi connectivity index (χ1v) is 9.44. The van der Waals surface area contributed by atoms with Gasteiger partial charge < -0.3 is 15.4 Å². The molecule has 0 saturated heterocycles. The maximum Gasteiger partial charge on any atom is 0.330 e. The number of H-pyrrole nitrogens is 1. The average Bonchev–Trinajstić information content (AvgIpc) is 2.74. The molecule has 0 spiro atoms. The summed E-state index contributed by atoms with van der Waals surface area (Å²) in [5, 5.41) is 0. The molecule has 2 aromatic carbocycles. The number of hydrogen-bond donors (Lipinski definition) is 2. The molecule has 3 aromatic rings. The van der Waals surface area contributed by atoms with Gasteiger partial charge in [0.1, 0.15) is 11.4 Å². The molecule has 8 nitrogen and oxygen atoms in total. The molecule has 0 radical (unpaired) electrons. The zero-order valence-electron chi connectivity index (χ0n) is 16.9. The lowest BCUT2D eigenvalue weighted by molar-refractivity contribution is 0.0998. The molecule has 0 bridgehead atoms. The number of carbonyl (C=O) groups is 1. The minimum atomic E-state index is -0.791. The highest BCUT2D eigenvalue weighted by Gasteiger charge is 2.21. The molecule has 0 fully saturated rings. The van der Waals surface area contributed by atoms with Gasteiger partial charge in [0.25, 0.3) is 5.56 Å². The normalized spacial score (nSPS) is 10.7. The molecule has 3 rings (SSSR count). The number of aromatic amines is 1. The molecular weight excluding hydrogens is 384 g/mol. The van der Waals surface area contributed by atoms with E-state index in [1.165, 1.54) is 7.11 Å². The van der Waals surface area contributed by atoms with Crippen molar-refractivity contribution in [2.75, 3.05) is 37.9 Å². The molecule has 30 heavy (non-hydrogen) atoms. The molecule has 8 heteroatoms. The summed E-state index contributed by atoms with van der Waals surface area (Å²) in [5.41, 5.74) is 7.12. The van der Waals surface area contributed by atoms with Crippen LogP contribution in [0.3, 0.4) is 0 Å². The Balaban J connectivity index is 1.93. The lowest BCUT2D eigenvalue weighted by Crippen LogP contribution is -2.39. The minimum Gasteiger partial charge on any atom is -0.384 e. The van der Waals surface area contributed by atoms with Crippen LogP contribution >= 0.6 is 0 Å². The fraction of sp³-hybridized carbons (Fsp3) is 0.227. The Morgan fingerprint density at radius 2 is 1.77 bits per heavy atom. The van der Waals surface area contributed by atoms with Crippen molar-refractivity contribution >= 4 is 17.3 Å². The van der Waals surface area contributed by atoms with E-state index in [9.17, 15) is 14.4 Å². The number of para-hydroxylation sites is 1. The number of rotatable bonds is 8. The molecule has 0 aliphatic heterocycles. The molecule has 0 aliphatic rings. The number of aromatic nitrogens is 2. The standard InChI is InChI=1S/C22H24N4O4/c1-25(17-11-7-6-10-16(17)15-8-4-3-5-9-15)14-18(27)19-20(23)26(12-13-30-2)22(29)24-21(19)28/h3-11H,12-14,23H2,1-2H3,(H,24,28,29). The molecule has 1 aromatic heterocycles. The van der Waals surface area contributed by atoms with Gasteiger partial charge in [0.2, 0.25) is 0 Å². The molecule has 0 saturated carbocycles. The quantitative estimate of drug-likeness (QED) is 0.550. The Labute approximate surface area is 173 Å². The largest absolute Gasteiger partial charge is 0.384 e. The van der Waals surface area contributed by atoms with Gasteiger partial charge in [-0.25, -0.2) is 4.79 Å². The zero-order chi connectivity index (χ0) is 21.7. The van der Waals surface area contributed by atoms with Crippen LogP contribution in [0, 0.1) is 0 Å². The second-order valence-electron chi connectivity index (χ2n) is 6.83. The van der Waals surface area contributed by atoms with Crippen molar-refractivity contribution in [3.8, 4) is 11.1 Å². The van der Waals surface area contributed by atoms with Gasteiger partial charge in [-0.2, -0.15) is 0 Å². The number of nitrogens with two attached hydrogens (primary N) is 1. The van der Waals surface area contributed by atoms with E-state index in [4.69, 9.17) is 10.5 Å². The van der Waals surface area contributed by atoms with E-state index in [1.807, 2.05) is 54.6 Å². The Morgan fingerprint density at radius 3 is 2.47 bits per heavy atom. The summed E-state index contributed by atoms with van der Waals surface area (Å²) in [6.45, 7) is 0.263. The van der Waals surface area contributed by atoms with Crippen LogP contribution in [0.15, 0.2) is 64.2 Å². The third-order valence-electron chi connectivity index (χ3n) is 4.82. The van der Waals surface area contributed by atoms with E-state index < -0.39 is 17.0 Å². The first kappa shape index (κ1) is 21.1. The maximum absolute atomic E-state index is 13.0. The second-order valence-corrected chi connectivity index (χ2v) is 6.83. The van der Waals surface area contributed by atoms with E-state index in [-0.39, 0.29) is 31.1 Å². The second kappa shape index (κ2) is 9.23. The van der Waals surface area contributed by atoms with Crippen LogP contribution in [0.1, 0.15) is 10.4 Å². The van der Waals surface area contributed by atoms with Gasteiger partial charge in [0.15, 0.2) is 5.78 Å². The van der Waals surface area contributed by atoms with Crippen molar-refractivity contribution in [1.29, 1.82) is 0 Å². The van der Waals surface area contributed by atoms with Crippen molar-refractivity contribution in [3.63, 3.8) is 0 Å². The van der Waals surface area contributed by atoms with Gasteiger partial charge in [0, 0.05) is 25.4 Å². The number of hydrogen-bond acceptors (Lipinski definition) is 6. The van der Waals surface area contributed by atoms with Crippen LogP contribution in [0.2, 0.25) is 0 Å². The van der Waals surface area contributed by atoms with Crippen LogP contribution in [0.25, 0.3) is 11.1 Å². The molecule has 156 valence electrons. The maximum atomic E-state index is 13.0. The highest BCUT2D eigenvalue weighted by Crippen LogP contribution is 2.30. The Kier molecular flexibility index (Phi) is 6.48. The van der Waals surface area contributed by atoms with E-state index in [1.54, 1.807) is 11.9 Å². The third kappa shape index (κ3) is 4.33. The van der Waals surface area contributed by atoms with Crippen LogP contribution in [-0.4, -0.2) is 42.6 Å². The van der Waals surface area contributed by atoms with E-state index in [0.29, 0.717) is 0 Å². The SMILES string of the molecule is COCCn1c(N)c(C(=O)CN(C)c2ccccc2-c2ccccc2)c(=O)[nH]c1=O. The molecule has 0 atom stereocenters. The molecular formula is C22H24N4O4. The highest BCUT2D eigenvalue weighted by molar-refractivity contribution is 6.02. The van der Waals surface area contributed by atoms with Crippen LogP contribution in [-0.2, 0) is 11.3 Å². The number of ether oxygens (including phenoxy) is 1. The molecule has 1 heterocycles. The molecule has 0 amide bonds. The van der Waals surface area contributed by atoms with Gasteiger partial charge in [-0.3, -0.25) is 19.1 Å². The fourth-order valence-electron chi connectivity index (χ4n) is 3.31. The van der Waals surface area contributed by atoms with Crippen molar-refractivity contribution in [2.45, 2.75) is 6.54 Å². The number of methoxy groups -OCH3 is 1. The summed E-state index contributed by atoms with van der Waals surface area (Å²) in [6, 6.07) is 17.5. The predicted molar refractivity (Wildman–Crippen MR) is 117 cm³/mol. The monoisotopic (exact) mass is 408 g/mol. The Morgan fingerprint density at radius 1 is 1.10 bits per heavy atom. The van der Waals surface area contributed by atoms with Gasteiger partial charge in [-0.1, -0.05) is 48.5 Å². The number of likely N-dealkylation sites (N-methyl/N-ethyl adjacent to an activating group) is 1. The Hall–Kier alpha value is -3.65. The number of Topliss-reactive ketones (excluding diaryl/α,β-unsaturated/α-hetero) is 1. The number of anilines is 2. The zero-order valence-corrected chi connectivity index (χ0v) is 16.9.